The molecule has 0 spiro atoms. The number of nitriles is 1. The predicted molar refractivity (Wildman–Crippen MR) is 80.6 cm³/mol. The topological polar surface area (TPSA) is 78.3 Å². The molecular weight excluding hydrogens is 250 g/mol. The van der Waals surface area contributed by atoms with Crippen LogP contribution in [0.3, 0.4) is 0 Å². The highest BCUT2D eigenvalue weighted by atomic mass is 15.1. The summed E-state index contributed by atoms with van der Waals surface area (Å²) in [5.41, 5.74) is 9.24. The Morgan fingerprint density at radius 1 is 1.25 bits per heavy atom. The van der Waals surface area contributed by atoms with Gasteiger partial charge in [-0.2, -0.15) is 5.26 Å². The number of rotatable bonds is 3. The zero-order valence-electron chi connectivity index (χ0n) is 11.4. The lowest BCUT2D eigenvalue weighted by Crippen LogP contribution is -2.07. The minimum Gasteiger partial charge on any atom is -0.397 e. The number of nitrogens with two attached hydrogens (primary N) is 1. The van der Waals surface area contributed by atoms with Gasteiger partial charge < -0.3 is 10.6 Å². The minimum absolute atomic E-state index is 0.517. The fourth-order valence-electron chi connectivity index (χ4n) is 1.71. The van der Waals surface area contributed by atoms with Gasteiger partial charge in [-0.3, -0.25) is 4.98 Å². The molecule has 0 amide bonds. The van der Waals surface area contributed by atoms with E-state index in [4.69, 9.17) is 5.73 Å². The van der Waals surface area contributed by atoms with Crippen molar-refractivity contribution < 1.29 is 0 Å². The van der Waals surface area contributed by atoms with Gasteiger partial charge in [0.25, 0.3) is 0 Å². The van der Waals surface area contributed by atoms with Crippen LogP contribution in [0.25, 0.3) is 11.1 Å². The van der Waals surface area contributed by atoms with Crippen LogP contribution < -0.4 is 5.73 Å². The third-order valence-electron chi connectivity index (χ3n) is 2.64. The van der Waals surface area contributed by atoms with E-state index < -0.39 is 0 Å². The summed E-state index contributed by atoms with van der Waals surface area (Å²) in [5, 5.41) is 9.23. The summed E-state index contributed by atoms with van der Waals surface area (Å²) in [5.74, 6) is 0. The van der Waals surface area contributed by atoms with Crippen molar-refractivity contribution in [2.75, 3.05) is 19.8 Å². The van der Waals surface area contributed by atoms with Gasteiger partial charge >= 0.3 is 0 Å². The van der Waals surface area contributed by atoms with Crippen LogP contribution in [-0.2, 0) is 0 Å². The Morgan fingerprint density at radius 2 is 2.05 bits per heavy atom. The third kappa shape index (κ3) is 3.12. The fraction of sp³-hybridized carbons (Fsp3) is 0.133. The van der Waals surface area contributed by atoms with Gasteiger partial charge in [-0.25, -0.2) is 4.99 Å². The van der Waals surface area contributed by atoms with E-state index >= 15 is 0 Å². The number of nitrogens with zero attached hydrogens (tertiary/aromatic N) is 4. The van der Waals surface area contributed by atoms with Gasteiger partial charge in [-0.05, 0) is 23.8 Å². The first-order chi connectivity index (χ1) is 9.60. The molecular formula is C15H15N5. The molecule has 0 fully saturated rings. The molecule has 1 aromatic heterocycles. The fourth-order valence-corrected chi connectivity index (χ4v) is 1.71. The summed E-state index contributed by atoms with van der Waals surface area (Å²) in [6.45, 7) is 0. The van der Waals surface area contributed by atoms with E-state index in [0.717, 1.165) is 11.1 Å². The summed E-state index contributed by atoms with van der Waals surface area (Å²) < 4.78 is 0. The van der Waals surface area contributed by atoms with Crippen molar-refractivity contribution in [3.05, 3.63) is 42.2 Å². The Balaban J connectivity index is 2.42. The maximum atomic E-state index is 9.23. The molecule has 0 atom stereocenters. The van der Waals surface area contributed by atoms with Gasteiger partial charge in [0.2, 0.25) is 0 Å². The van der Waals surface area contributed by atoms with Crippen LogP contribution in [0.1, 0.15) is 5.56 Å². The largest absolute Gasteiger partial charge is 0.397 e. The van der Waals surface area contributed by atoms with Crippen molar-refractivity contribution in [1.29, 1.82) is 5.26 Å². The van der Waals surface area contributed by atoms with E-state index in [1.807, 2.05) is 37.2 Å². The van der Waals surface area contributed by atoms with Gasteiger partial charge in [0, 0.05) is 32.1 Å². The highest BCUT2D eigenvalue weighted by molar-refractivity contribution is 5.73. The van der Waals surface area contributed by atoms with Crippen molar-refractivity contribution in [2.45, 2.75) is 0 Å². The van der Waals surface area contributed by atoms with Crippen LogP contribution in [0, 0.1) is 11.3 Å². The SMILES string of the molecule is CN(C)/C=N/c1ccc(-c2cncc(N)c2)cc1C#N. The molecule has 2 N–H and O–H groups in total. The first-order valence-corrected chi connectivity index (χ1v) is 6.06. The number of anilines is 1. The summed E-state index contributed by atoms with van der Waals surface area (Å²) in [4.78, 5) is 10.1. The number of benzene rings is 1. The maximum Gasteiger partial charge on any atom is 0.101 e. The predicted octanol–water partition coefficient (Wildman–Crippen LogP) is 2.42. The van der Waals surface area contributed by atoms with E-state index in [2.05, 4.69) is 16.0 Å². The van der Waals surface area contributed by atoms with E-state index in [-0.39, 0.29) is 0 Å². The number of aromatic nitrogens is 1. The van der Waals surface area contributed by atoms with Gasteiger partial charge in [-0.15, -0.1) is 0 Å². The molecule has 0 aliphatic carbocycles. The zero-order chi connectivity index (χ0) is 14.5. The van der Waals surface area contributed by atoms with Crippen molar-refractivity contribution >= 4 is 17.7 Å². The molecule has 0 aliphatic rings. The second kappa shape index (κ2) is 5.85. The Kier molecular flexibility index (Phi) is 3.96. The molecule has 0 radical (unpaired) electrons. The van der Waals surface area contributed by atoms with Crippen LogP contribution in [0.4, 0.5) is 11.4 Å². The minimum atomic E-state index is 0.517. The Morgan fingerprint density at radius 3 is 2.70 bits per heavy atom. The van der Waals surface area contributed by atoms with E-state index in [1.54, 1.807) is 24.8 Å². The highest BCUT2D eigenvalue weighted by Crippen LogP contribution is 2.26. The summed E-state index contributed by atoms with van der Waals surface area (Å²) in [6.07, 6.45) is 4.97. The number of hydrogen-bond donors (Lipinski definition) is 1. The second-order valence-electron chi connectivity index (χ2n) is 4.56. The molecule has 20 heavy (non-hydrogen) atoms. The van der Waals surface area contributed by atoms with Crippen LogP contribution in [0.5, 0.6) is 0 Å². The van der Waals surface area contributed by atoms with Crippen LogP contribution in [0.15, 0.2) is 41.7 Å². The molecule has 1 aromatic carbocycles. The monoisotopic (exact) mass is 265 g/mol. The van der Waals surface area contributed by atoms with Gasteiger partial charge in [0.15, 0.2) is 0 Å². The first-order valence-electron chi connectivity index (χ1n) is 6.06. The van der Waals surface area contributed by atoms with Crippen LogP contribution >= 0.6 is 0 Å². The molecule has 0 saturated carbocycles. The molecule has 1 heterocycles. The van der Waals surface area contributed by atoms with Crippen molar-refractivity contribution in [3.8, 4) is 17.2 Å². The Hall–Kier alpha value is -2.87. The molecule has 0 saturated heterocycles. The average molecular weight is 265 g/mol. The standard InChI is InChI=1S/C15H15N5/c1-20(2)10-19-15-4-3-11(5-12(15)7-16)13-6-14(17)9-18-8-13/h3-6,8-10H,17H2,1-2H3/b19-10+. The summed E-state index contributed by atoms with van der Waals surface area (Å²) in [6, 6.07) is 9.50. The van der Waals surface area contributed by atoms with E-state index in [0.29, 0.717) is 16.9 Å². The highest BCUT2D eigenvalue weighted by Gasteiger charge is 2.05. The third-order valence-corrected chi connectivity index (χ3v) is 2.64. The van der Waals surface area contributed by atoms with Gasteiger partial charge in [0.1, 0.15) is 6.07 Å². The zero-order valence-corrected chi connectivity index (χ0v) is 11.4. The molecule has 2 rings (SSSR count). The van der Waals surface area contributed by atoms with E-state index in [9.17, 15) is 5.26 Å². The molecule has 0 unspecified atom stereocenters. The Bertz CT molecular complexity index is 683. The lowest BCUT2D eigenvalue weighted by Gasteiger charge is -2.06. The van der Waals surface area contributed by atoms with Crippen LogP contribution in [-0.4, -0.2) is 30.3 Å². The lowest BCUT2D eigenvalue weighted by atomic mass is 10.0. The molecule has 5 nitrogen and oxygen atoms in total. The second-order valence-corrected chi connectivity index (χ2v) is 4.56. The number of aliphatic imine (C=N–C) groups is 1. The number of pyridine rings is 1. The summed E-state index contributed by atoms with van der Waals surface area (Å²) >= 11 is 0. The normalized spacial score (nSPS) is 10.4. The number of hydrogen-bond acceptors (Lipinski definition) is 4. The molecule has 0 bridgehead atoms. The number of nitrogen functional groups attached to an aromatic ring is 1. The Labute approximate surface area is 118 Å². The molecule has 0 aliphatic heterocycles. The van der Waals surface area contributed by atoms with Crippen molar-refractivity contribution in [3.63, 3.8) is 0 Å². The van der Waals surface area contributed by atoms with E-state index in [1.165, 1.54) is 0 Å². The van der Waals surface area contributed by atoms with Crippen molar-refractivity contribution in [1.82, 2.24) is 9.88 Å². The molecule has 100 valence electrons. The average Bonchev–Trinajstić information content (AvgIpc) is 2.44. The van der Waals surface area contributed by atoms with Gasteiger partial charge in [-0.1, -0.05) is 6.07 Å². The van der Waals surface area contributed by atoms with Gasteiger partial charge in [0.05, 0.1) is 23.3 Å². The molecule has 5 heteroatoms. The molecule has 2 aromatic rings. The maximum absolute atomic E-state index is 9.23. The quantitative estimate of drug-likeness (QED) is 0.683. The van der Waals surface area contributed by atoms with Crippen molar-refractivity contribution in [2.24, 2.45) is 4.99 Å². The lowest BCUT2D eigenvalue weighted by molar-refractivity contribution is 0.643. The van der Waals surface area contributed by atoms with Crippen LogP contribution in [0.2, 0.25) is 0 Å². The smallest absolute Gasteiger partial charge is 0.101 e. The summed E-state index contributed by atoms with van der Waals surface area (Å²) in [7, 11) is 3.75. The first kappa shape index (κ1) is 13.6.